The number of hydrogen-bond acceptors (Lipinski definition) is 4. The Balaban J connectivity index is 1.80. The van der Waals surface area contributed by atoms with E-state index in [2.05, 4.69) is 10.6 Å². The fraction of sp³-hybridized carbons (Fsp3) is 0.176. The monoisotopic (exact) mass is 347 g/mol. The summed E-state index contributed by atoms with van der Waals surface area (Å²) in [6.45, 7) is 0.348. The minimum atomic E-state index is -0.759. The van der Waals surface area contributed by atoms with Gasteiger partial charge in [-0.3, -0.25) is 9.59 Å². The van der Waals surface area contributed by atoms with Crippen molar-refractivity contribution in [2.45, 2.75) is 6.42 Å². The molecule has 0 saturated carbocycles. The SMILES string of the molecule is COc1ccc(CCNC(=O)C(=O)Nc2ccc(N)c(Cl)c2)cc1. The van der Waals surface area contributed by atoms with Crippen molar-refractivity contribution in [3.05, 3.63) is 53.1 Å². The Morgan fingerprint density at radius 1 is 1.12 bits per heavy atom. The maximum absolute atomic E-state index is 11.8. The van der Waals surface area contributed by atoms with Crippen LogP contribution in [0.15, 0.2) is 42.5 Å². The summed E-state index contributed by atoms with van der Waals surface area (Å²) in [7, 11) is 1.60. The Morgan fingerprint density at radius 2 is 1.83 bits per heavy atom. The largest absolute Gasteiger partial charge is 0.497 e. The van der Waals surface area contributed by atoms with Gasteiger partial charge in [-0.15, -0.1) is 0 Å². The molecule has 2 aromatic rings. The molecule has 0 saturated heterocycles. The van der Waals surface area contributed by atoms with E-state index in [4.69, 9.17) is 22.1 Å². The maximum atomic E-state index is 11.8. The van der Waals surface area contributed by atoms with Crippen LogP contribution in [0, 0.1) is 0 Å². The Hall–Kier alpha value is -2.73. The Morgan fingerprint density at radius 3 is 2.46 bits per heavy atom. The van der Waals surface area contributed by atoms with E-state index in [9.17, 15) is 9.59 Å². The number of amides is 2. The summed E-state index contributed by atoms with van der Waals surface area (Å²) in [6.07, 6.45) is 0.608. The van der Waals surface area contributed by atoms with E-state index in [1.807, 2.05) is 24.3 Å². The number of carbonyl (C=O) groups is 2. The first kappa shape index (κ1) is 17.6. The van der Waals surface area contributed by atoms with E-state index < -0.39 is 11.8 Å². The molecule has 0 unspecified atom stereocenters. The van der Waals surface area contributed by atoms with Crippen molar-refractivity contribution in [2.75, 3.05) is 24.7 Å². The third-order valence-corrected chi connectivity index (χ3v) is 3.65. The third-order valence-electron chi connectivity index (χ3n) is 3.32. The van der Waals surface area contributed by atoms with Crippen molar-refractivity contribution < 1.29 is 14.3 Å². The summed E-state index contributed by atoms with van der Waals surface area (Å²) in [6, 6.07) is 12.1. The first-order valence-corrected chi connectivity index (χ1v) is 7.64. The van der Waals surface area contributed by atoms with Crippen molar-refractivity contribution in [1.82, 2.24) is 5.32 Å². The van der Waals surface area contributed by atoms with Gasteiger partial charge < -0.3 is 21.1 Å². The maximum Gasteiger partial charge on any atom is 0.313 e. The standard InChI is InChI=1S/C17H18ClN3O3/c1-24-13-5-2-11(3-6-13)8-9-20-16(22)17(23)21-12-4-7-15(19)14(18)10-12/h2-7,10H,8-9,19H2,1H3,(H,20,22)(H,21,23). The number of anilines is 2. The molecule has 0 fully saturated rings. The predicted molar refractivity (Wildman–Crippen MR) is 94.2 cm³/mol. The van der Waals surface area contributed by atoms with Crippen LogP contribution in [0.1, 0.15) is 5.56 Å². The second-order valence-electron chi connectivity index (χ2n) is 5.04. The van der Waals surface area contributed by atoms with Gasteiger partial charge in [0.15, 0.2) is 0 Å². The van der Waals surface area contributed by atoms with E-state index in [0.717, 1.165) is 11.3 Å². The predicted octanol–water partition coefficient (Wildman–Crippen LogP) is 2.23. The highest BCUT2D eigenvalue weighted by molar-refractivity contribution is 6.40. The number of ether oxygens (including phenoxy) is 1. The average molecular weight is 348 g/mol. The number of nitrogen functional groups attached to an aromatic ring is 1. The van der Waals surface area contributed by atoms with Crippen LogP contribution in [0.25, 0.3) is 0 Å². The molecule has 0 radical (unpaired) electrons. The Kier molecular flexibility index (Phi) is 6.03. The van der Waals surface area contributed by atoms with E-state index in [1.165, 1.54) is 6.07 Å². The van der Waals surface area contributed by atoms with E-state index in [0.29, 0.717) is 29.4 Å². The lowest BCUT2D eigenvalue weighted by atomic mass is 10.1. The van der Waals surface area contributed by atoms with Crippen LogP contribution in [-0.4, -0.2) is 25.5 Å². The number of halogens is 1. The second-order valence-corrected chi connectivity index (χ2v) is 5.45. The molecule has 0 aliphatic carbocycles. The molecule has 0 bridgehead atoms. The molecule has 0 aromatic heterocycles. The van der Waals surface area contributed by atoms with Gasteiger partial charge in [0, 0.05) is 12.2 Å². The molecule has 0 atom stereocenters. The van der Waals surface area contributed by atoms with Crippen LogP contribution in [0.3, 0.4) is 0 Å². The zero-order valence-electron chi connectivity index (χ0n) is 13.1. The number of hydrogen-bond donors (Lipinski definition) is 3. The lowest BCUT2D eigenvalue weighted by Crippen LogP contribution is -2.36. The molecular weight excluding hydrogens is 330 g/mol. The number of methoxy groups -OCH3 is 1. The van der Waals surface area contributed by atoms with Crippen molar-refractivity contribution in [3.63, 3.8) is 0 Å². The van der Waals surface area contributed by atoms with Crippen LogP contribution in [0.5, 0.6) is 5.75 Å². The number of nitrogens with two attached hydrogens (primary N) is 1. The molecule has 4 N–H and O–H groups in total. The van der Waals surface area contributed by atoms with Crippen LogP contribution >= 0.6 is 11.6 Å². The summed E-state index contributed by atoms with van der Waals surface area (Å²) < 4.78 is 5.08. The van der Waals surface area contributed by atoms with Crippen LogP contribution in [0.4, 0.5) is 11.4 Å². The van der Waals surface area contributed by atoms with Crippen molar-refractivity contribution in [3.8, 4) is 5.75 Å². The molecule has 2 rings (SSSR count). The van der Waals surface area contributed by atoms with E-state index in [1.54, 1.807) is 19.2 Å². The lowest BCUT2D eigenvalue weighted by Gasteiger charge is -2.08. The highest BCUT2D eigenvalue weighted by atomic mass is 35.5. The van der Waals surface area contributed by atoms with Gasteiger partial charge in [-0.2, -0.15) is 0 Å². The molecule has 0 heterocycles. The number of carbonyl (C=O) groups excluding carboxylic acids is 2. The zero-order valence-corrected chi connectivity index (χ0v) is 13.9. The van der Waals surface area contributed by atoms with Gasteiger partial charge in [0.1, 0.15) is 5.75 Å². The summed E-state index contributed by atoms with van der Waals surface area (Å²) in [5, 5.41) is 5.34. The smallest absolute Gasteiger partial charge is 0.313 e. The molecule has 0 aliphatic heterocycles. The lowest BCUT2D eigenvalue weighted by molar-refractivity contribution is -0.136. The second kappa shape index (κ2) is 8.21. The summed E-state index contributed by atoms with van der Waals surface area (Å²) in [5.41, 5.74) is 7.42. The summed E-state index contributed by atoms with van der Waals surface area (Å²) in [5.74, 6) is -0.702. The molecule has 2 amide bonds. The molecule has 6 nitrogen and oxygen atoms in total. The molecule has 24 heavy (non-hydrogen) atoms. The number of rotatable bonds is 5. The normalized spacial score (nSPS) is 10.1. The number of benzene rings is 2. The molecule has 2 aromatic carbocycles. The Bertz CT molecular complexity index is 732. The van der Waals surface area contributed by atoms with Crippen molar-refractivity contribution in [1.29, 1.82) is 0 Å². The van der Waals surface area contributed by atoms with Gasteiger partial charge in [-0.1, -0.05) is 23.7 Å². The molecule has 0 aliphatic rings. The van der Waals surface area contributed by atoms with Gasteiger partial charge in [0.05, 0.1) is 17.8 Å². The van der Waals surface area contributed by atoms with Crippen LogP contribution in [0.2, 0.25) is 5.02 Å². The van der Waals surface area contributed by atoms with Gasteiger partial charge >= 0.3 is 11.8 Å². The van der Waals surface area contributed by atoms with Crippen molar-refractivity contribution >= 4 is 34.8 Å². The van der Waals surface area contributed by atoms with Crippen LogP contribution in [-0.2, 0) is 16.0 Å². The van der Waals surface area contributed by atoms with E-state index in [-0.39, 0.29) is 0 Å². The molecule has 7 heteroatoms. The van der Waals surface area contributed by atoms with Crippen molar-refractivity contribution in [2.24, 2.45) is 0 Å². The first-order chi connectivity index (χ1) is 11.5. The number of nitrogens with one attached hydrogen (secondary N) is 2. The Labute approximate surface area is 144 Å². The minimum absolute atomic E-state index is 0.313. The average Bonchev–Trinajstić information content (AvgIpc) is 2.58. The van der Waals surface area contributed by atoms with Gasteiger partial charge in [0.25, 0.3) is 0 Å². The highest BCUT2D eigenvalue weighted by Crippen LogP contribution is 2.22. The van der Waals surface area contributed by atoms with Gasteiger partial charge in [-0.25, -0.2) is 0 Å². The fourth-order valence-electron chi connectivity index (χ4n) is 1.99. The van der Waals surface area contributed by atoms with Gasteiger partial charge in [-0.05, 0) is 42.3 Å². The molecule has 126 valence electrons. The zero-order chi connectivity index (χ0) is 17.5. The topological polar surface area (TPSA) is 93.4 Å². The molecule has 0 spiro atoms. The minimum Gasteiger partial charge on any atom is -0.497 e. The first-order valence-electron chi connectivity index (χ1n) is 7.26. The highest BCUT2D eigenvalue weighted by Gasteiger charge is 2.13. The van der Waals surface area contributed by atoms with Crippen LogP contribution < -0.4 is 21.1 Å². The third kappa shape index (κ3) is 4.89. The van der Waals surface area contributed by atoms with E-state index >= 15 is 0 Å². The fourth-order valence-corrected chi connectivity index (χ4v) is 2.17. The summed E-state index contributed by atoms with van der Waals surface area (Å²) >= 11 is 5.86. The molecular formula is C17H18ClN3O3. The van der Waals surface area contributed by atoms with Gasteiger partial charge in [0.2, 0.25) is 0 Å². The summed E-state index contributed by atoms with van der Waals surface area (Å²) in [4.78, 5) is 23.6. The quantitative estimate of drug-likeness (QED) is 0.571.